The van der Waals surface area contributed by atoms with Crippen LogP contribution in [0.2, 0.25) is 0 Å². The van der Waals surface area contributed by atoms with Gasteiger partial charge in [0.15, 0.2) is 0 Å². The molecule has 3 nitrogen and oxygen atoms in total. The fourth-order valence-corrected chi connectivity index (χ4v) is 1.62. The minimum absolute atomic E-state index is 0.421. The van der Waals surface area contributed by atoms with Gasteiger partial charge in [-0.15, -0.1) is 0 Å². The summed E-state index contributed by atoms with van der Waals surface area (Å²) in [6.07, 6.45) is 1.52. The first-order valence-electron chi connectivity index (χ1n) is 5.34. The van der Waals surface area contributed by atoms with Gasteiger partial charge in [-0.3, -0.25) is 0 Å². The molecule has 2 N–H and O–H groups in total. The number of carboxylic acids is 1. The third-order valence-corrected chi connectivity index (χ3v) is 2.35. The summed E-state index contributed by atoms with van der Waals surface area (Å²) in [4.78, 5) is 10.7. The van der Waals surface area contributed by atoms with Crippen molar-refractivity contribution in [1.29, 1.82) is 0 Å². The highest BCUT2D eigenvalue weighted by Gasteiger charge is 2.22. The highest BCUT2D eigenvalue weighted by molar-refractivity contribution is 5.78. The summed E-state index contributed by atoms with van der Waals surface area (Å²) in [7, 11) is 0. The van der Waals surface area contributed by atoms with Gasteiger partial charge < -0.3 is 10.4 Å². The van der Waals surface area contributed by atoms with Crippen LogP contribution in [0.25, 0.3) is 0 Å². The van der Waals surface area contributed by atoms with Crippen LogP contribution < -0.4 is 5.32 Å². The Morgan fingerprint density at radius 2 is 2.07 bits per heavy atom. The molecule has 1 aliphatic rings. The van der Waals surface area contributed by atoms with E-state index in [1.165, 1.54) is 5.56 Å². The Labute approximate surface area is 90.1 Å². The summed E-state index contributed by atoms with van der Waals surface area (Å²) in [6.45, 7) is 4.00. The molecule has 1 aliphatic heterocycles. The van der Waals surface area contributed by atoms with Gasteiger partial charge in [0, 0.05) is 5.69 Å². The van der Waals surface area contributed by atoms with Gasteiger partial charge >= 0.3 is 5.97 Å². The summed E-state index contributed by atoms with van der Waals surface area (Å²) < 4.78 is 0. The molecule has 82 valence electrons. The number of benzene rings is 1. The number of para-hydroxylation sites is 1. The lowest BCUT2D eigenvalue weighted by Gasteiger charge is -2.23. The Bertz CT molecular complexity index is 336. The molecule has 0 saturated carbocycles. The molecule has 0 fully saturated rings. The van der Waals surface area contributed by atoms with Gasteiger partial charge in [0.05, 0.1) is 0 Å². The minimum atomic E-state index is -0.769. The van der Waals surface area contributed by atoms with E-state index in [4.69, 9.17) is 5.11 Å². The summed E-state index contributed by atoms with van der Waals surface area (Å²) in [5.41, 5.74) is 2.17. The number of rotatable bonds is 1. The van der Waals surface area contributed by atoms with Crippen molar-refractivity contribution < 1.29 is 9.90 Å². The summed E-state index contributed by atoms with van der Waals surface area (Å²) in [5, 5.41) is 11.8. The number of hydrogen-bond donors (Lipinski definition) is 2. The second kappa shape index (κ2) is 5.39. The minimum Gasteiger partial charge on any atom is -0.480 e. The number of nitrogens with one attached hydrogen (secondary N) is 1. The highest BCUT2D eigenvalue weighted by Crippen LogP contribution is 2.23. The molecule has 3 heteroatoms. The summed E-state index contributed by atoms with van der Waals surface area (Å²) in [6, 6.07) is 7.41. The Morgan fingerprint density at radius 3 is 2.73 bits per heavy atom. The van der Waals surface area contributed by atoms with E-state index in [0.717, 1.165) is 12.1 Å². The van der Waals surface area contributed by atoms with E-state index in [2.05, 4.69) is 5.32 Å². The third-order valence-electron chi connectivity index (χ3n) is 2.35. The molecule has 0 bridgehead atoms. The average molecular weight is 207 g/mol. The standard InChI is InChI=1S/C10H11NO2.C2H6/c12-10(13)9-6-5-7-3-1-2-4-8(7)11-9;1-2/h1-4,9,11H,5-6H2,(H,12,13);1-2H3. The number of aryl methyl sites for hydroxylation is 1. The molecule has 0 amide bonds. The van der Waals surface area contributed by atoms with Crippen LogP contribution in [-0.2, 0) is 11.2 Å². The summed E-state index contributed by atoms with van der Waals surface area (Å²) in [5.74, 6) is -0.769. The van der Waals surface area contributed by atoms with E-state index in [1.807, 2.05) is 38.1 Å². The van der Waals surface area contributed by atoms with Crippen LogP contribution in [0, 0.1) is 0 Å². The van der Waals surface area contributed by atoms with Crippen LogP contribution in [0.5, 0.6) is 0 Å². The molecule has 0 spiro atoms. The van der Waals surface area contributed by atoms with Crippen LogP contribution in [0.15, 0.2) is 24.3 Å². The van der Waals surface area contributed by atoms with Crippen molar-refractivity contribution in [3.8, 4) is 0 Å². The molecule has 15 heavy (non-hydrogen) atoms. The van der Waals surface area contributed by atoms with Gasteiger partial charge in [-0.05, 0) is 24.5 Å². The van der Waals surface area contributed by atoms with Gasteiger partial charge in [-0.1, -0.05) is 32.0 Å². The predicted octanol–water partition coefficient (Wildman–Crippen LogP) is 2.52. The molecule has 0 saturated heterocycles. The zero-order chi connectivity index (χ0) is 11.3. The summed E-state index contributed by atoms with van der Waals surface area (Å²) >= 11 is 0. The largest absolute Gasteiger partial charge is 0.480 e. The number of hydrogen-bond acceptors (Lipinski definition) is 2. The van der Waals surface area contributed by atoms with Crippen molar-refractivity contribution in [3.05, 3.63) is 29.8 Å². The molecule has 0 aliphatic carbocycles. The van der Waals surface area contributed by atoms with E-state index in [1.54, 1.807) is 0 Å². The van der Waals surface area contributed by atoms with Crippen molar-refractivity contribution >= 4 is 11.7 Å². The van der Waals surface area contributed by atoms with Gasteiger partial charge in [0.2, 0.25) is 0 Å². The van der Waals surface area contributed by atoms with Gasteiger partial charge in [-0.2, -0.15) is 0 Å². The van der Waals surface area contributed by atoms with E-state index < -0.39 is 12.0 Å². The SMILES string of the molecule is CC.O=C(O)C1CCc2ccccc2N1. The normalized spacial score (nSPS) is 17.9. The maximum Gasteiger partial charge on any atom is 0.326 e. The number of anilines is 1. The van der Waals surface area contributed by atoms with Crippen LogP contribution in [0.3, 0.4) is 0 Å². The molecular weight excluding hydrogens is 190 g/mol. The Morgan fingerprint density at radius 1 is 1.40 bits per heavy atom. The molecule has 1 unspecified atom stereocenters. The maximum absolute atomic E-state index is 10.7. The fourth-order valence-electron chi connectivity index (χ4n) is 1.62. The van der Waals surface area contributed by atoms with E-state index >= 15 is 0 Å². The van der Waals surface area contributed by atoms with Gasteiger partial charge in [0.25, 0.3) is 0 Å². The van der Waals surface area contributed by atoms with Crippen LogP contribution in [0.1, 0.15) is 25.8 Å². The monoisotopic (exact) mass is 207 g/mol. The van der Waals surface area contributed by atoms with Crippen LogP contribution >= 0.6 is 0 Å². The Balaban J connectivity index is 0.000000531. The lowest BCUT2D eigenvalue weighted by molar-refractivity contribution is -0.138. The maximum atomic E-state index is 10.7. The van der Waals surface area contributed by atoms with E-state index in [0.29, 0.717) is 6.42 Å². The van der Waals surface area contributed by atoms with Crippen LogP contribution in [0.4, 0.5) is 5.69 Å². The fraction of sp³-hybridized carbons (Fsp3) is 0.417. The van der Waals surface area contributed by atoms with Crippen molar-refractivity contribution in [2.24, 2.45) is 0 Å². The van der Waals surface area contributed by atoms with E-state index in [-0.39, 0.29) is 0 Å². The molecule has 1 aromatic rings. The first kappa shape index (κ1) is 11.6. The number of carboxylic acid groups (broad SMARTS) is 1. The smallest absolute Gasteiger partial charge is 0.326 e. The lowest BCUT2D eigenvalue weighted by Crippen LogP contribution is -2.33. The predicted molar refractivity (Wildman–Crippen MR) is 61.2 cm³/mol. The molecule has 1 heterocycles. The first-order valence-corrected chi connectivity index (χ1v) is 5.34. The topological polar surface area (TPSA) is 49.3 Å². The van der Waals surface area contributed by atoms with E-state index in [9.17, 15) is 4.79 Å². The van der Waals surface area contributed by atoms with Crippen molar-refractivity contribution in [1.82, 2.24) is 0 Å². The second-order valence-corrected chi connectivity index (χ2v) is 3.23. The lowest BCUT2D eigenvalue weighted by atomic mass is 9.98. The molecule has 1 atom stereocenters. The zero-order valence-corrected chi connectivity index (χ0v) is 9.16. The average Bonchev–Trinajstić information content (AvgIpc) is 2.31. The number of carbonyl (C=O) groups is 1. The van der Waals surface area contributed by atoms with Crippen molar-refractivity contribution in [2.75, 3.05) is 5.32 Å². The third kappa shape index (κ3) is 2.72. The number of fused-ring (bicyclic) bond motifs is 1. The molecular formula is C12H17NO2. The van der Waals surface area contributed by atoms with Gasteiger partial charge in [0.1, 0.15) is 6.04 Å². The molecule has 2 rings (SSSR count). The molecule has 0 radical (unpaired) electrons. The molecule has 1 aromatic carbocycles. The highest BCUT2D eigenvalue weighted by atomic mass is 16.4. The Kier molecular flexibility index (Phi) is 4.16. The second-order valence-electron chi connectivity index (χ2n) is 3.23. The first-order chi connectivity index (χ1) is 7.27. The molecule has 0 aromatic heterocycles. The van der Waals surface area contributed by atoms with Crippen molar-refractivity contribution in [3.63, 3.8) is 0 Å². The quantitative estimate of drug-likeness (QED) is 0.744. The number of aliphatic carboxylic acids is 1. The van der Waals surface area contributed by atoms with Crippen molar-refractivity contribution in [2.45, 2.75) is 32.7 Å². The van der Waals surface area contributed by atoms with Gasteiger partial charge in [-0.25, -0.2) is 4.79 Å². The Hall–Kier alpha value is -1.51. The zero-order valence-electron chi connectivity index (χ0n) is 9.16. The van der Waals surface area contributed by atoms with Crippen LogP contribution in [-0.4, -0.2) is 17.1 Å².